The fourth-order valence-corrected chi connectivity index (χ4v) is 2.25. The summed E-state index contributed by atoms with van der Waals surface area (Å²) in [5.41, 5.74) is 0.893. The number of hydrogen-bond acceptors (Lipinski definition) is 4. The first-order valence-corrected chi connectivity index (χ1v) is 6.22. The molecule has 0 bridgehead atoms. The summed E-state index contributed by atoms with van der Waals surface area (Å²) in [6, 6.07) is 0. The van der Waals surface area contributed by atoms with Crippen molar-refractivity contribution < 1.29 is 14.4 Å². The molecule has 0 saturated carbocycles. The van der Waals surface area contributed by atoms with E-state index in [0.717, 1.165) is 18.6 Å². The van der Waals surface area contributed by atoms with E-state index in [4.69, 9.17) is 9.57 Å². The van der Waals surface area contributed by atoms with Gasteiger partial charge in [-0.3, -0.25) is 4.79 Å². The standard InChI is InChI=1S/C12H19NO3/c1-2-3-4-5-6-7-9-11-10(16-13-9)8-15-12(11)14/h10-11H,2-8H2,1H3/t10-,11-/m0/s1. The Bertz CT molecular complexity index is 288. The lowest BCUT2D eigenvalue weighted by Crippen LogP contribution is -2.24. The number of hydrogen-bond donors (Lipinski definition) is 0. The third-order valence-corrected chi connectivity index (χ3v) is 3.22. The lowest BCUT2D eigenvalue weighted by molar-refractivity contribution is -0.139. The Morgan fingerprint density at radius 3 is 2.94 bits per heavy atom. The zero-order valence-electron chi connectivity index (χ0n) is 9.78. The van der Waals surface area contributed by atoms with Crippen LogP contribution in [0.1, 0.15) is 45.4 Å². The van der Waals surface area contributed by atoms with E-state index in [0.29, 0.717) is 6.61 Å². The molecule has 2 atom stereocenters. The van der Waals surface area contributed by atoms with Gasteiger partial charge in [0, 0.05) is 0 Å². The molecule has 0 unspecified atom stereocenters. The summed E-state index contributed by atoms with van der Waals surface area (Å²) in [7, 11) is 0. The number of fused-ring (bicyclic) bond motifs is 1. The molecule has 16 heavy (non-hydrogen) atoms. The van der Waals surface area contributed by atoms with Gasteiger partial charge in [-0.25, -0.2) is 0 Å². The summed E-state index contributed by atoms with van der Waals surface area (Å²) in [4.78, 5) is 16.6. The number of ether oxygens (including phenoxy) is 1. The average Bonchev–Trinajstić information content (AvgIpc) is 2.83. The first kappa shape index (κ1) is 11.4. The Morgan fingerprint density at radius 1 is 1.31 bits per heavy atom. The summed E-state index contributed by atoms with van der Waals surface area (Å²) in [5, 5.41) is 4.00. The predicted octanol–water partition coefficient (Wildman–Crippen LogP) is 2.27. The maximum Gasteiger partial charge on any atom is 0.319 e. The van der Waals surface area contributed by atoms with Crippen LogP contribution in [0.3, 0.4) is 0 Å². The van der Waals surface area contributed by atoms with Gasteiger partial charge >= 0.3 is 5.97 Å². The molecule has 1 saturated heterocycles. The van der Waals surface area contributed by atoms with Crippen LogP contribution >= 0.6 is 0 Å². The molecule has 2 rings (SSSR count). The Morgan fingerprint density at radius 2 is 2.12 bits per heavy atom. The molecule has 0 radical (unpaired) electrons. The van der Waals surface area contributed by atoms with Gasteiger partial charge in [-0.1, -0.05) is 37.8 Å². The monoisotopic (exact) mass is 225 g/mol. The average molecular weight is 225 g/mol. The van der Waals surface area contributed by atoms with Crippen molar-refractivity contribution in [3.8, 4) is 0 Å². The molecule has 0 aromatic heterocycles. The second-order valence-corrected chi connectivity index (χ2v) is 4.50. The molecule has 0 aliphatic carbocycles. The lowest BCUT2D eigenvalue weighted by Gasteiger charge is -2.04. The van der Waals surface area contributed by atoms with Crippen molar-refractivity contribution in [3.05, 3.63) is 0 Å². The smallest absolute Gasteiger partial charge is 0.319 e. The molecule has 0 amide bonds. The minimum absolute atomic E-state index is 0.141. The van der Waals surface area contributed by atoms with Gasteiger partial charge < -0.3 is 9.57 Å². The minimum atomic E-state index is -0.203. The zero-order valence-corrected chi connectivity index (χ0v) is 9.78. The van der Waals surface area contributed by atoms with Crippen molar-refractivity contribution in [3.63, 3.8) is 0 Å². The van der Waals surface area contributed by atoms with Crippen LogP contribution in [-0.2, 0) is 14.4 Å². The second-order valence-electron chi connectivity index (χ2n) is 4.50. The normalized spacial score (nSPS) is 27.3. The van der Waals surface area contributed by atoms with Gasteiger partial charge in [-0.05, 0) is 12.8 Å². The van der Waals surface area contributed by atoms with Gasteiger partial charge in [-0.15, -0.1) is 0 Å². The van der Waals surface area contributed by atoms with E-state index in [1.807, 2.05) is 0 Å². The van der Waals surface area contributed by atoms with Crippen molar-refractivity contribution in [2.24, 2.45) is 11.1 Å². The summed E-state index contributed by atoms with van der Waals surface area (Å²) < 4.78 is 4.95. The highest BCUT2D eigenvalue weighted by Crippen LogP contribution is 2.28. The molecule has 0 N–H and O–H groups in total. The van der Waals surface area contributed by atoms with Crippen LogP contribution in [0.15, 0.2) is 5.16 Å². The summed E-state index contributed by atoms with van der Waals surface area (Å²) in [5.74, 6) is -0.360. The van der Waals surface area contributed by atoms with Gasteiger partial charge in [0.1, 0.15) is 12.5 Å². The second kappa shape index (κ2) is 5.32. The van der Waals surface area contributed by atoms with Crippen molar-refractivity contribution >= 4 is 11.7 Å². The van der Waals surface area contributed by atoms with Crippen LogP contribution in [-0.4, -0.2) is 24.4 Å². The highest BCUT2D eigenvalue weighted by molar-refractivity contribution is 6.04. The molecule has 2 aliphatic heterocycles. The summed E-state index contributed by atoms with van der Waals surface area (Å²) >= 11 is 0. The molecule has 0 spiro atoms. The molecular formula is C12H19NO3. The fraction of sp³-hybridized carbons (Fsp3) is 0.833. The third kappa shape index (κ3) is 2.36. The van der Waals surface area contributed by atoms with Crippen LogP contribution in [0.4, 0.5) is 0 Å². The van der Waals surface area contributed by atoms with E-state index in [9.17, 15) is 4.79 Å². The van der Waals surface area contributed by atoms with Crippen molar-refractivity contribution in [2.45, 2.75) is 51.6 Å². The van der Waals surface area contributed by atoms with Crippen molar-refractivity contribution in [1.29, 1.82) is 0 Å². The topological polar surface area (TPSA) is 47.9 Å². The van der Waals surface area contributed by atoms with Crippen molar-refractivity contribution in [2.75, 3.05) is 6.61 Å². The molecule has 0 aromatic rings. The van der Waals surface area contributed by atoms with E-state index in [1.54, 1.807) is 0 Å². The number of esters is 1. The molecular weight excluding hydrogens is 206 g/mol. The van der Waals surface area contributed by atoms with E-state index < -0.39 is 0 Å². The number of carbonyl (C=O) groups excluding carboxylic acids is 1. The van der Waals surface area contributed by atoms with Crippen molar-refractivity contribution in [1.82, 2.24) is 0 Å². The molecule has 2 heterocycles. The maximum absolute atomic E-state index is 11.4. The third-order valence-electron chi connectivity index (χ3n) is 3.22. The molecule has 1 fully saturated rings. The Labute approximate surface area is 96.0 Å². The van der Waals surface area contributed by atoms with E-state index >= 15 is 0 Å². The van der Waals surface area contributed by atoms with Crippen LogP contribution in [0.25, 0.3) is 0 Å². The zero-order chi connectivity index (χ0) is 11.4. The SMILES string of the molecule is CCCCCCCC1=NO[C@H]2COC(=O)[C@@H]12. The van der Waals surface area contributed by atoms with Crippen LogP contribution < -0.4 is 0 Å². The highest BCUT2D eigenvalue weighted by Gasteiger charge is 2.46. The van der Waals surface area contributed by atoms with Crippen LogP contribution in [0, 0.1) is 5.92 Å². The van der Waals surface area contributed by atoms with Gasteiger partial charge in [0.25, 0.3) is 0 Å². The number of unbranched alkanes of at least 4 members (excludes halogenated alkanes) is 4. The number of carbonyl (C=O) groups is 1. The first-order valence-electron chi connectivity index (χ1n) is 6.22. The van der Waals surface area contributed by atoms with E-state index in [1.165, 1.54) is 25.7 Å². The molecule has 0 aromatic carbocycles. The number of rotatable bonds is 6. The van der Waals surface area contributed by atoms with E-state index in [-0.39, 0.29) is 18.0 Å². The molecule has 4 nitrogen and oxygen atoms in total. The molecule has 4 heteroatoms. The van der Waals surface area contributed by atoms with Gasteiger partial charge in [0.2, 0.25) is 0 Å². The van der Waals surface area contributed by atoms with Gasteiger partial charge in [0.05, 0.1) is 5.71 Å². The number of oxime groups is 1. The van der Waals surface area contributed by atoms with Crippen LogP contribution in [0.5, 0.6) is 0 Å². The number of cyclic esters (lactones) is 1. The highest BCUT2D eigenvalue weighted by atomic mass is 16.7. The predicted molar refractivity (Wildman–Crippen MR) is 60.1 cm³/mol. The summed E-state index contributed by atoms with van der Waals surface area (Å²) in [6.07, 6.45) is 6.84. The molecule has 90 valence electrons. The number of nitrogens with zero attached hydrogens (tertiary/aromatic N) is 1. The largest absolute Gasteiger partial charge is 0.461 e. The lowest BCUT2D eigenvalue weighted by atomic mass is 9.95. The quantitative estimate of drug-likeness (QED) is 0.514. The summed E-state index contributed by atoms with van der Waals surface area (Å²) in [6.45, 7) is 2.57. The first-order chi connectivity index (χ1) is 7.83. The fourth-order valence-electron chi connectivity index (χ4n) is 2.25. The van der Waals surface area contributed by atoms with Gasteiger partial charge in [0.15, 0.2) is 6.10 Å². The molecule has 2 aliphatic rings. The Hall–Kier alpha value is -1.06. The van der Waals surface area contributed by atoms with E-state index in [2.05, 4.69) is 12.1 Å². The minimum Gasteiger partial charge on any atom is -0.461 e. The Kier molecular flexibility index (Phi) is 3.80. The van der Waals surface area contributed by atoms with Gasteiger partial charge in [-0.2, -0.15) is 0 Å². The maximum atomic E-state index is 11.4. The van der Waals surface area contributed by atoms with Crippen LogP contribution in [0.2, 0.25) is 0 Å². The Balaban J connectivity index is 1.72.